The van der Waals surface area contributed by atoms with E-state index < -0.39 is 0 Å². The number of methoxy groups -OCH3 is 1. The largest absolute Gasteiger partial charge is 0.508 e. The van der Waals surface area contributed by atoms with Gasteiger partial charge in [-0.25, -0.2) is 0 Å². The number of phenols is 1. The van der Waals surface area contributed by atoms with Crippen molar-refractivity contribution in [2.24, 2.45) is 5.73 Å². The van der Waals surface area contributed by atoms with E-state index in [0.717, 1.165) is 18.4 Å². The molecule has 0 amide bonds. The van der Waals surface area contributed by atoms with E-state index in [2.05, 4.69) is 6.92 Å². The van der Waals surface area contributed by atoms with Crippen LogP contribution < -0.4 is 10.5 Å². The standard InChI is InChI=1S/C11H17NO2/c1-3-4-10(12)9-6-5-8(13)7-11(9)14-2/h5-7,10,13H,3-4,12H2,1-2H3/t10-/m1/s1. The first-order valence-electron chi connectivity index (χ1n) is 4.81. The van der Waals surface area contributed by atoms with E-state index in [0.29, 0.717) is 5.75 Å². The fourth-order valence-corrected chi connectivity index (χ4v) is 1.47. The van der Waals surface area contributed by atoms with Crippen molar-refractivity contribution in [2.75, 3.05) is 7.11 Å². The lowest BCUT2D eigenvalue weighted by molar-refractivity contribution is 0.397. The van der Waals surface area contributed by atoms with Gasteiger partial charge in [-0.3, -0.25) is 0 Å². The number of phenolic OH excluding ortho intramolecular Hbond substituents is 1. The molecule has 0 aliphatic rings. The zero-order valence-corrected chi connectivity index (χ0v) is 8.66. The highest BCUT2D eigenvalue weighted by Gasteiger charge is 2.11. The zero-order chi connectivity index (χ0) is 10.6. The molecule has 3 N–H and O–H groups in total. The summed E-state index contributed by atoms with van der Waals surface area (Å²) in [5, 5.41) is 9.26. The van der Waals surface area contributed by atoms with Crippen molar-refractivity contribution in [3.63, 3.8) is 0 Å². The maximum Gasteiger partial charge on any atom is 0.127 e. The summed E-state index contributed by atoms with van der Waals surface area (Å²) in [6.07, 6.45) is 1.95. The molecule has 1 atom stereocenters. The first-order chi connectivity index (χ1) is 6.69. The minimum Gasteiger partial charge on any atom is -0.508 e. The molecule has 1 aromatic carbocycles. The van der Waals surface area contributed by atoms with Gasteiger partial charge < -0.3 is 15.6 Å². The lowest BCUT2D eigenvalue weighted by atomic mass is 10.0. The molecule has 3 heteroatoms. The van der Waals surface area contributed by atoms with Crippen molar-refractivity contribution in [3.05, 3.63) is 23.8 Å². The summed E-state index contributed by atoms with van der Waals surface area (Å²) in [6.45, 7) is 2.09. The molecular weight excluding hydrogens is 178 g/mol. The Labute approximate surface area is 84.5 Å². The second-order valence-electron chi connectivity index (χ2n) is 3.32. The van der Waals surface area contributed by atoms with Gasteiger partial charge in [-0.15, -0.1) is 0 Å². The number of benzene rings is 1. The van der Waals surface area contributed by atoms with E-state index in [9.17, 15) is 5.11 Å². The average Bonchev–Trinajstić information content (AvgIpc) is 2.17. The second-order valence-corrected chi connectivity index (χ2v) is 3.32. The Hall–Kier alpha value is -1.22. The molecule has 1 aromatic rings. The molecule has 0 spiro atoms. The maximum absolute atomic E-state index is 9.26. The third-order valence-corrected chi connectivity index (χ3v) is 2.22. The van der Waals surface area contributed by atoms with E-state index >= 15 is 0 Å². The van der Waals surface area contributed by atoms with Gasteiger partial charge in [0.05, 0.1) is 7.11 Å². The fourth-order valence-electron chi connectivity index (χ4n) is 1.47. The number of rotatable bonds is 4. The summed E-state index contributed by atoms with van der Waals surface area (Å²) in [5.41, 5.74) is 6.92. The van der Waals surface area contributed by atoms with Crippen LogP contribution in [0.3, 0.4) is 0 Å². The maximum atomic E-state index is 9.26. The monoisotopic (exact) mass is 195 g/mol. The molecule has 1 rings (SSSR count). The highest BCUT2D eigenvalue weighted by atomic mass is 16.5. The van der Waals surface area contributed by atoms with Crippen molar-refractivity contribution < 1.29 is 9.84 Å². The quantitative estimate of drug-likeness (QED) is 0.774. The van der Waals surface area contributed by atoms with E-state index in [1.165, 1.54) is 0 Å². The van der Waals surface area contributed by atoms with Crippen LogP contribution >= 0.6 is 0 Å². The minimum absolute atomic E-state index is 0.0180. The van der Waals surface area contributed by atoms with E-state index in [1.54, 1.807) is 19.2 Å². The highest BCUT2D eigenvalue weighted by molar-refractivity contribution is 5.41. The molecule has 0 saturated carbocycles. The fraction of sp³-hybridized carbons (Fsp3) is 0.455. The SMILES string of the molecule is CCC[C@@H](N)c1ccc(O)cc1OC. The van der Waals surface area contributed by atoms with Gasteiger partial charge >= 0.3 is 0 Å². The molecule has 78 valence electrons. The normalized spacial score (nSPS) is 12.5. The van der Waals surface area contributed by atoms with E-state index in [4.69, 9.17) is 10.5 Å². The summed E-state index contributed by atoms with van der Waals surface area (Å²) in [6, 6.07) is 5.02. The average molecular weight is 195 g/mol. The van der Waals surface area contributed by atoms with Crippen molar-refractivity contribution in [1.82, 2.24) is 0 Å². The molecular formula is C11H17NO2. The summed E-state index contributed by atoms with van der Waals surface area (Å²) in [4.78, 5) is 0. The van der Waals surface area contributed by atoms with Gasteiger partial charge in [0.1, 0.15) is 11.5 Å². The van der Waals surface area contributed by atoms with Crippen LogP contribution in [0.4, 0.5) is 0 Å². The van der Waals surface area contributed by atoms with Gasteiger partial charge in [0.25, 0.3) is 0 Å². The molecule has 0 aliphatic heterocycles. The van der Waals surface area contributed by atoms with Crippen LogP contribution in [0.5, 0.6) is 11.5 Å². The van der Waals surface area contributed by atoms with Crippen LogP contribution in [0.1, 0.15) is 31.4 Å². The van der Waals surface area contributed by atoms with Crippen LogP contribution in [0, 0.1) is 0 Å². The molecule has 3 nitrogen and oxygen atoms in total. The van der Waals surface area contributed by atoms with Crippen LogP contribution in [-0.2, 0) is 0 Å². The predicted molar refractivity (Wildman–Crippen MR) is 56.5 cm³/mol. The number of aromatic hydroxyl groups is 1. The Morgan fingerprint density at radius 2 is 2.21 bits per heavy atom. The number of nitrogens with two attached hydrogens (primary N) is 1. The van der Waals surface area contributed by atoms with Crippen molar-refractivity contribution in [1.29, 1.82) is 0 Å². The van der Waals surface area contributed by atoms with Crippen molar-refractivity contribution in [3.8, 4) is 11.5 Å². The molecule has 0 fully saturated rings. The summed E-state index contributed by atoms with van der Waals surface area (Å²) in [7, 11) is 1.58. The molecule has 0 bridgehead atoms. The first-order valence-corrected chi connectivity index (χ1v) is 4.81. The predicted octanol–water partition coefficient (Wildman–Crippen LogP) is 2.20. The second kappa shape index (κ2) is 4.86. The third-order valence-electron chi connectivity index (χ3n) is 2.22. The van der Waals surface area contributed by atoms with E-state index in [1.807, 2.05) is 6.07 Å². The topological polar surface area (TPSA) is 55.5 Å². The minimum atomic E-state index is -0.0180. The van der Waals surface area contributed by atoms with Gasteiger partial charge in [0, 0.05) is 17.7 Å². The Balaban J connectivity index is 2.95. The Kier molecular flexibility index (Phi) is 3.77. The zero-order valence-electron chi connectivity index (χ0n) is 8.66. The van der Waals surface area contributed by atoms with Crippen LogP contribution in [0.25, 0.3) is 0 Å². The van der Waals surface area contributed by atoms with Crippen molar-refractivity contribution >= 4 is 0 Å². The lowest BCUT2D eigenvalue weighted by Crippen LogP contribution is -2.10. The summed E-state index contributed by atoms with van der Waals surface area (Å²) < 4.78 is 5.15. The number of hydrogen-bond donors (Lipinski definition) is 2. The van der Waals surface area contributed by atoms with Gasteiger partial charge in [0.2, 0.25) is 0 Å². The van der Waals surface area contributed by atoms with Crippen LogP contribution in [0.2, 0.25) is 0 Å². The molecule has 0 aliphatic carbocycles. The van der Waals surface area contributed by atoms with Crippen LogP contribution in [-0.4, -0.2) is 12.2 Å². The molecule has 0 saturated heterocycles. The molecule has 14 heavy (non-hydrogen) atoms. The highest BCUT2D eigenvalue weighted by Crippen LogP contribution is 2.29. The van der Waals surface area contributed by atoms with Gasteiger partial charge in [-0.05, 0) is 12.5 Å². The lowest BCUT2D eigenvalue weighted by Gasteiger charge is -2.14. The third kappa shape index (κ3) is 2.39. The molecule has 0 heterocycles. The van der Waals surface area contributed by atoms with Crippen molar-refractivity contribution in [2.45, 2.75) is 25.8 Å². The van der Waals surface area contributed by atoms with E-state index in [-0.39, 0.29) is 11.8 Å². The Bertz CT molecular complexity index is 299. The van der Waals surface area contributed by atoms with Gasteiger partial charge in [-0.2, -0.15) is 0 Å². The molecule has 0 unspecified atom stereocenters. The summed E-state index contributed by atoms with van der Waals surface area (Å²) >= 11 is 0. The molecule has 0 radical (unpaired) electrons. The van der Waals surface area contributed by atoms with Gasteiger partial charge in [-0.1, -0.05) is 19.4 Å². The Morgan fingerprint density at radius 3 is 2.79 bits per heavy atom. The smallest absolute Gasteiger partial charge is 0.127 e. The number of hydrogen-bond acceptors (Lipinski definition) is 3. The van der Waals surface area contributed by atoms with Gasteiger partial charge in [0.15, 0.2) is 0 Å². The van der Waals surface area contributed by atoms with Crippen LogP contribution in [0.15, 0.2) is 18.2 Å². The summed E-state index contributed by atoms with van der Waals surface area (Å²) in [5.74, 6) is 0.861. The first kappa shape index (κ1) is 10.9. The Morgan fingerprint density at radius 1 is 1.50 bits per heavy atom. The molecule has 0 aromatic heterocycles. The number of ether oxygens (including phenoxy) is 1.